The molecule has 0 radical (unpaired) electrons. The maximum absolute atomic E-state index is 11.6. The number of carbonyl (C=O) groups excluding carboxylic acids is 1. The first-order valence-electron chi connectivity index (χ1n) is 8.02. The fourth-order valence-electron chi connectivity index (χ4n) is 2.94. The number of fused-ring (bicyclic) bond motifs is 1. The molecule has 0 saturated carbocycles. The molecule has 4 rings (SSSR count). The first kappa shape index (κ1) is 15.3. The van der Waals surface area contributed by atoms with Gasteiger partial charge in [0.25, 0.3) is 0 Å². The van der Waals surface area contributed by atoms with E-state index in [0.717, 1.165) is 18.4 Å². The number of likely N-dealkylation sites (tertiary alicyclic amines) is 1. The van der Waals surface area contributed by atoms with Crippen LogP contribution in [0.3, 0.4) is 0 Å². The van der Waals surface area contributed by atoms with Crippen LogP contribution in [0.15, 0.2) is 31.4 Å². The summed E-state index contributed by atoms with van der Waals surface area (Å²) < 4.78 is 5.97. The highest BCUT2D eigenvalue weighted by atomic mass is 16.5. The number of carbonyl (C=O) groups is 1. The lowest BCUT2D eigenvalue weighted by Gasteiger charge is -2.31. The molecule has 0 aromatic carbocycles. The SMILES string of the molecule is C=CC(=O)N1CCC(Oc2cnc3[nH]cc(-c4ncn[nH]4)c3n2)CC1. The zero-order valence-corrected chi connectivity index (χ0v) is 13.5. The van der Waals surface area contributed by atoms with Crippen LogP contribution < -0.4 is 4.74 Å². The lowest BCUT2D eigenvalue weighted by atomic mass is 10.1. The van der Waals surface area contributed by atoms with Gasteiger partial charge in [-0.2, -0.15) is 5.10 Å². The van der Waals surface area contributed by atoms with Crippen molar-refractivity contribution >= 4 is 17.1 Å². The molecule has 0 atom stereocenters. The minimum atomic E-state index is -0.0383. The number of H-pyrrole nitrogens is 2. The van der Waals surface area contributed by atoms with Gasteiger partial charge in [0, 0.05) is 32.1 Å². The Balaban J connectivity index is 1.50. The van der Waals surface area contributed by atoms with Crippen LogP contribution in [0.5, 0.6) is 5.88 Å². The van der Waals surface area contributed by atoms with Gasteiger partial charge < -0.3 is 14.6 Å². The highest BCUT2D eigenvalue weighted by molar-refractivity contribution is 5.88. The minimum Gasteiger partial charge on any atom is -0.473 e. The zero-order valence-electron chi connectivity index (χ0n) is 13.5. The van der Waals surface area contributed by atoms with E-state index in [0.29, 0.717) is 36.0 Å². The van der Waals surface area contributed by atoms with Crippen molar-refractivity contribution in [3.63, 3.8) is 0 Å². The summed E-state index contributed by atoms with van der Waals surface area (Å²) in [6.07, 6.45) is 7.69. The molecule has 0 aliphatic carbocycles. The van der Waals surface area contributed by atoms with Crippen molar-refractivity contribution in [1.29, 1.82) is 0 Å². The topological polar surface area (TPSA) is 113 Å². The molecule has 1 aliphatic rings. The predicted octanol–water partition coefficient (Wildman–Crippen LogP) is 1.30. The van der Waals surface area contributed by atoms with E-state index in [9.17, 15) is 4.79 Å². The van der Waals surface area contributed by atoms with E-state index in [4.69, 9.17) is 4.74 Å². The lowest BCUT2D eigenvalue weighted by Crippen LogP contribution is -2.41. The summed E-state index contributed by atoms with van der Waals surface area (Å²) in [7, 11) is 0. The van der Waals surface area contributed by atoms with Crippen molar-refractivity contribution in [2.75, 3.05) is 13.1 Å². The number of ether oxygens (including phenoxy) is 1. The Bertz CT molecular complexity index is 894. The van der Waals surface area contributed by atoms with Crippen LogP contribution >= 0.6 is 0 Å². The van der Waals surface area contributed by atoms with Crippen LogP contribution in [-0.4, -0.2) is 60.1 Å². The third kappa shape index (κ3) is 2.95. The fourth-order valence-corrected chi connectivity index (χ4v) is 2.94. The standard InChI is InChI=1S/C16H17N7O2/c1-2-13(24)23-5-3-10(4-6-23)25-12-8-18-16-14(21-12)11(7-17-16)15-19-9-20-22-15/h2,7-10H,1,3-6H2,(H,17,18)(H,19,20,22). The molecule has 0 bridgehead atoms. The van der Waals surface area contributed by atoms with Gasteiger partial charge in [0.1, 0.15) is 17.9 Å². The average Bonchev–Trinajstić information content (AvgIpc) is 3.30. The molecule has 0 unspecified atom stereocenters. The second-order valence-corrected chi connectivity index (χ2v) is 5.79. The number of aromatic amines is 2. The van der Waals surface area contributed by atoms with Crippen LogP contribution in [0.25, 0.3) is 22.6 Å². The maximum Gasteiger partial charge on any atom is 0.245 e. The van der Waals surface area contributed by atoms with Crippen LogP contribution in [0.1, 0.15) is 12.8 Å². The molecule has 1 amide bonds. The van der Waals surface area contributed by atoms with Gasteiger partial charge in [-0.1, -0.05) is 6.58 Å². The third-order valence-electron chi connectivity index (χ3n) is 4.24. The van der Waals surface area contributed by atoms with E-state index in [2.05, 4.69) is 36.7 Å². The van der Waals surface area contributed by atoms with E-state index in [1.165, 1.54) is 12.4 Å². The van der Waals surface area contributed by atoms with Gasteiger partial charge >= 0.3 is 0 Å². The van der Waals surface area contributed by atoms with Gasteiger partial charge in [0.05, 0.1) is 11.8 Å². The molecule has 3 aromatic rings. The summed E-state index contributed by atoms with van der Waals surface area (Å²) in [5.74, 6) is 1.04. The molecule has 4 heterocycles. The molecule has 128 valence electrons. The molecule has 25 heavy (non-hydrogen) atoms. The summed E-state index contributed by atoms with van der Waals surface area (Å²) in [5, 5.41) is 6.68. The van der Waals surface area contributed by atoms with Crippen molar-refractivity contribution in [3.8, 4) is 17.3 Å². The Morgan fingerprint density at radius 3 is 2.92 bits per heavy atom. The van der Waals surface area contributed by atoms with E-state index in [1.54, 1.807) is 17.3 Å². The fraction of sp³-hybridized carbons (Fsp3) is 0.312. The van der Waals surface area contributed by atoms with Gasteiger partial charge in [-0.3, -0.25) is 9.89 Å². The molecular weight excluding hydrogens is 322 g/mol. The number of nitrogens with one attached hydrogen (secondary N) is 2. The van der Waals surface area contributed by atoms with E-state index >= 15 is 0 Å². The Labute approximate surface area is 143 Å². The summed E-state index contributed by atoms with van der Waals surface area (Å²) in [5.41, 5.74) is 2.12. The third-order valence-corrected chi connectivity index (χ3v) is 4.24. The second kappa shape index (κ2) is 6.34. The highest BCUT2D eigenvalue weighted by Gasteiger charge is 2.23. The number of hydrogen-bond donors (Lipinski definition) is 2. The first-order chi connectivity index (χ1) is 12.2. The molecule has 9 heteroatoms. The number of nitrogens with zero attached hydrogens (tertiary/aromatic N) is 5. The molecule has 3 aromatic heterocycles. The number of aromatic nitrogens is 6. The normalized spacial score (nSPS) is 15.4. The monoisotopic (exact) mass is 339 g/mol. The Morgan fingerprint density at radius 1 is 1.36 bits per heavy atom. The smallest absolute Gasteiger partial charge is 0.245 e. The molecule has 0 spiro atoms. The van der Waals surface area contributed by atoms with Crippen LogP contribution in [0.4, 0.5) is 0 Å². The van der Waals surface area contributed by atoms with E-state index < -0.39 is 0 Å². The number of amides is 1. The van der Waals surface area contributed by atoms with Gasteiger partial charge in [0.15, 0.2) is 11.5 Å². The Hall–Kier alpha value is -3.23. The molecule has 9 nitrogen and oxygen atoms in total. The quantitative estimate of drug-likeness (QED) is 0.693. The largest absolute Gasteiger partial charge is 0.473 e. The lowest BCUT2D eigenvalue weighted by molar-refractivity contribution is -0.127. The van der Waals surface area contributed by atoms with Crippen molar-refractivity contribution in [2.45, 2.75) is 18.9 Å². The summed E-state index contributed by atoms with van der Waals surface area (Å²) >= 11 is 0. The maximum atomic E-state index is 11.6. The van der Waals surface area contributed by atoms with Crippen LogP contribution in [0, 0.1) is 0 Å². The minimum absolute atomic E-state index is 0.00767. The van der Waals surface area contributed by atoms with Gasteiger partial charge in [-0.15, -0.1) is 0 Å². The summed E-state index contributed by atoms with van der Waals surface area (Å²) in [6, 6.07) is 0. The van der Waals surface area contributed by atoms with Crippen LogP contribution in [0.2, 0.25) is 0 Å². The van der Waals surface area contributed by atoms with Gasteiger partial charge in [-0.25, -0.2) is 15.0 Å². The summed E-state index contributed by atoms with van der Waals surface area (Å²) in [6.45, 7) is 4.82. The van der Waals surface area contributed by atoms with Crippen molar-refractivity contribution in [2.24, 2.45) is 0 Å². The number of rotatable bonds is 4. The average molecular weight is 339 g/mol. The zero-order chi connectivity index (χ0) is 17.2. The molecule has 1 fully saturated rings. The van der Waals surface area contributed by atoms with Crippen molar-refractivity contribution < 1.29 is 9.53 Å². The highest BCUT2D eigenvalue weighted by Crippen LogP contribution is 2.25. The van der Waals surface area contributed by atoms with Gasteiger partial charge in [-0.05, 0) is 6.08 Å². The molecule has 1 aliphatic heterocycles. The Morgan fingerprint density at radius 2 is 2.20 bits per heavy atom. The first-order valence-corrected chi connectivity index (χ1v) is 8.02. The number of hydrogen-bond acceptors (Lipinski definition) is 6. The van der Waals surface area contributed by atoms with Crippen molar-refractivity contribution in [1.82, 2.24) is 35.0 Å². The molecular formula is C16H17N7O2. The van der Waals surface area contributed by atoms with Gasteiger partial charge in [0.2, 0.25) is 11.8 Å². The number of piperidine rings is 1. The predicted molar refractivity (Wildman–Crippen MR) is 89.7 cm³/mol. The van der Waals surface area contributed by atoms with E-state index in [-0.39, 0.29) is 12.0 Å². The second-order valence-electron chi connectivity index (χ2n) is 5.79. The molecule has 2 N–H and O–H groups in total. The van der Waals surface area contributed by atoms with Crippen LogP contribution in [-0.2, 0) is 4.79 Å². The Kier molecular flexibility index (Phi) is 3.88. The van der Waals surface area contributed by atoms with E-state index in [1.807, 2.05) is 0 Å². The van der Waals surface area contributed by atoms with Crippen molar-refractivity contribution in [3.05, 3.63) is 31.4 Å². The molecule has 1 saturated heterocycles. The summed E-state index contributed by atoms with van der Waals surface area (Å²) in [4.78, 5) is 29.5.